The van der Waals surface area contributed by atoms with Crippen molar-refractivity contribution in [2.75, 3.05) is 10.5 Å². The monoisotopic (exact) mass is 331 g/mol. The summed E-state index contributed by atoms with van der Waals surface area (Å²) in [5.74, 6) is 0. The Morgan fingerprint density at radius 1 is 1.25 bits per heavy atom. The number of benzene rings is 1. The van der Waals surface area contributed by atoms with Crippen molar-refractivity contribution in [2.24, 2.45) is 0 Å². The predicted molar refractivity (Wildman–Crippen MR) is 80.7 cm³/mol. The summed E-state index contributed by atoms with van der Waals surface area (Å²) in [6.45, 7) is 1.77. The summed E-state index contributed by atoms with van der Waals surface area (Å²) in [5, 5.41) is 0.388. The SMILES string of the molecule is Cc1cc(Cl)c(NS(=O)(=O)c2ncccc2N)cc1Cl. The van der Waals surface area contributed by atoms with Gasteiger partial charge in [-0.3, -0.25) is 4.72 Å². The minimum absolute atomic E-state index is 0.0503. The summed E-state index contributed by atoms with van der Waals surface area (Å²) in [7, 11) is -3.93. The maximum Gasteiger partial charge on any atom is 0.281 e. The van der Waals surface area contributed by atoms with Gasteiger partial charge in [0.1, 0.15) is 0 Å². The standard InChI is InChI=1S/C12H11Cl2N3O2S/c1-7-5-9(14)11(6-8(7)13)17-20(18,19)12-10(15)3-2-4-16-12/h2-6,17H,15H2,1H3. The fourth-order valence-corrected chi connectivity index (χ4v) is 3.16. The van der Waals surface area contributed by atoms with E-state index in [1.165, 1.54) is 18.3 Å². The molecule has 0 bridgehead atoms. The second-order valence-electron chi connectivity index (χ2n) is 4.08. The van der Waals surface area contributed by atoms with Crippen molar-refractivity contribution in [3.05, 3.63) is 46.1 Å². The molecule has 0 amide bonds. The molecular formula is C12H11Cl2N3O2S. The van der Waals surface area contributed by atoms with E-state index in [-0.39, 0.29) is 21.4 Å². The second-order valence-corrected chi connectivity index (χ2v) is 6.50. The average Bonchev–Trinajstić information content (AvgIpc) is 2.36. The first kappa shape index (κ1) is 14.9. The third-order valence-electron chi connectivity index (χ3n) is 2.55. The van der Waals surface area contributed by atoms with Gasteiger partial charge < -0.3 is 5.73 Å². The number of halogens is 2. The molecule has 2 aromatic rings. The fraction of sp³-hybridized carbons (Fsp3) is 0.0833. The molecule has 0 saturated heterocycles. The van der Waals surface area contributed by atoms with Crippen LogP contribution >= 0.6 is 23.2 Å². The molecule has 0 saturated carbocycles. The van der Waals surface area contributed by atoms with Crippen LogP contribution in [0.4, 0.5) is 11.4 Å². The van der Waals surface area contributed by atoms with E-state index in [1.807, 2.05) is 0 Å². The van der Waals surface area contributed by atoms with Gasteiger partial charge in [-0.2, -0.15) is 8.42 Å². The number of nitrogens with one attached hydrogen (secondary N) is 1. The number of sulfonamides is 1. The summed E-state index contributed by atoms with van der Waals surface area (Å²) in [6.07, 6.45) is 1.34. The Balaban J connectivity index is 2.44. The van der Waals surface area contributed by atoms with Gasteiger partial charge in [-0.1, -0.05) is 23.2 Å². The van der Waals surface area contributed by atoms with Crippen LogP contribution in [0.1, 0.15) is 5.56 Å². The van der Waals surface area contributed by atoms with Crippen LogP contribution in [0.25, 0.3) is 0 Å². The van der Waals surface area contributed by atoms with Gasteiger partial charge in [0.15, 0.2) is 5.03 Å². The predicted octanol–water partition coefficient (Wildman–Crippen LogP) is 3.08. The fourth-order valence-electron chi connectivity index (χ4n) is 1.55. The van der Waals surface area contributed by atoms with E-state index in [2.05, 4.69) is 9.71 Å². The van der Waals surface area contributed by atoms with Crippen molar-refractivity contribution >= 4 is 44.6 Å². The summed E-state index contributed by atoms with van der Waals surface area (Å²) < 4.78 is 26.8. The highest BCUT2D eigenvalue weighted by atomic mass is 35.5. The van der Waals surface area contributed by atoms with Gasteiger partial charge in [-0.15, -0.1) is 0 Å². The lowest BCUT2D eigenvalue weighted by Gasteiger charge is -2.11. The molecule has 1 heterocycles. The third kappa shape index (κ3) is 2.98. The number of anilines is 2. The maximum atomic E-state index is 12.2. The third-order valence-corrected chi connectivity index (χ3v) is 4.61. The molecule has 1 aromatic carbocycles. The van der Waals surface area contributed by atoms with E-state index in [4.69, 9.17) is 28.9 Å². The second kappa shape index (κ2) is 5.47. The first-order valence-corrected chi connectivity index (χ1v) is 7.74. The summed E-state index contributed by atoms with van der Waals surface area (Å²) in [4.78, 5) is 3.76. The lowest BCUT2D eigenvalue weighted by atomic mass is 10.2. The molecule has 0 unspecified atom stereocenters. The molecule has 2 rings (SSSR count). The van der Waals surface area contributed by atoms with Crippen LogP contribution < -0.4 is 10.5 Å². The van der Waals surface area contributed by atoms with Gasteiger partial charge in [0.2, 0.25) is 0 Å². The Morgan fingerprint density at radius 2 is 1.95 bits per heavy atom. The van der Waals surface area contributed by atoms with Crippen LogP contribution in [0.15, 0.2) is 35.5 Å². The number of aromatic nitrogens is 1. The summed E-state index contributed by atoms with van der Waals surface area (Å²) >= 11 is 12.0. The molecule has 0 aliphatic carbocycles. The Morgan fingerprint density at radius 3 is 2.60 bits per heavy atom. The molecular weight excluding hydrogens is 321 g/mol. The molecule has 1 aromatic heterocycles. The molecule has 0 aliphatic heterocycles. The topological polar surface area (TPSA) is 85.1 Å². The molecule has 0 atom stereocenters. The summed E-state index contributed by atoms with van der Waals surface area (Å²) in [6, 6.07) is 6.01. The Kier molecular flexibility index (Phi) is 4.08. The molecule has 0 aliphatic rings. The zero-order chi connectivity index (χ0) is 14.9. The zero-order valence-electron chi connectivity index (χ0n) is 10.4. The van der Waals surface area contributed by atoms with E-state index in [9.17, 15) is 8.42 Å². The van der Waals surface area contributed by atoms with Gasteiger partial charge in [-0.25, -0.2) is 4.98 Å². The molecule has 0 radical (unpaired) electrons. The van der Waals surface area contributed by atoms with Crippen molar-refractivity contribution in [3.8, 4) is 0 Å². The number of hydrogen-bond donors (Lipinski definition) is 2. The quantitative estimate of drug-likeness (QED) is 0.904. The highest BCUT2D eigenvalue weighted by Crippen LogP contribution is 2.30. The average molecular weight is 332 g/mol. The van der Waals surface area contributed by atoms with Gasteiger partial charge in [0.25, 0.3) is 10.0 Å². The van der Waals surface area contributed by atoms with Gasteiger partial charge >= 0.3 is 0 Å². The molecule has 106 valence electrons. The first-order chi connectivity index (χ1) is 9.31. The normalized spacial score (nSPS) is 11.3. The Bertz CT molecular complexity index is 763. The van der Waals surface area contributed by atoms with Crippen LogP contribution in [0.5, 0.6) is 0 Å². The number of nitrogens with two attached hydrogens (primary N) is 1. The number of hydrogen-bond acceptors (Lipinski definition) is 4. The van der Waals surface area contributed by atoms with Gasteiger partial charge in [0.05, 0.1) is 16.4 Å². The van der Waals surface area contributed by atoms with Gasteiger partial charge in [0, 0.05) is 11.2 Å². The Labute approximate surface area is 126 Å². The van der Waals surface area contributed by atoms with Crippen LogP contribution in [0.2, 0.25) is 10.0 Å². The minimum Gasteiger partial charge on any atom is -0.396 e. The number of rotatable bonds is 3. The first-order valence-electron chi connectivity index (χ1n) is 5.50. The zero-order valence-corrected chi connectivity index (χ0v) is 12.7. The molecule has 3 N–H and O–H groups in total. The van der Waals surface area contributed by atoms with Crippen LogP contribution in [-0.2, 0) is 10.0 Å². The van der Waals surface area contributed by atoms with E-state index in [0.717, 1.165) is 5.56 Å². The van der Waals surface area contributed by atoms with Gasteiger partial charge in [-0.05, 0) is 36.8 Å². The van der Waals surface area contributed by atoms with E-state index in [0.29, 0.717) is 5.02 Å². The van der Waals surface area contributed by atoms with Crippen LogP contribution in [-0.4, -0.2) is 13.4 Å². The van der Waals surface area contributed by atoms with Crippen molar-refractivity contribution in [3.63, 3.8) is 0 Å². The largest absolute Gasteiger partial charge is 0.396 e. The number of aryl methyl sites for hydroxylation is 1. The van der Waals surface area contributed by atoms with Crippen molar-refractivity contribution < 1.29 is 8.42 Å². The molecule has 5 nitrogen and oxygen atoms in total. The van der Waals surface area contributed by atoms with Crippen molar-refractivity contribution in [1.82, 2.24) is 4.98 Å². The Hall–Kier alpha value is -1.50. The van der Waals surface area contributed by atoms with Crippen LogP contribution in [0, 0.1) is 6.92 Å². The van der Waals surface area contributed by atoms with E-state index in [1.54, 1.807) is 19.1 Å². The van der Waals surface area contributed by atoms with Crippen LogP contribution in [0.3, 0.4) is 0 Å². The lowest BCUT2D eigenvalue weighted by Crippen LogP contribution is -2.16. The number of nitrogens with zero attached hydrogens (tertiary/aromatic N) is 1. The molecule has 20 heavy (non-hydrogen) atoms. The highest BCUT2D eigenvalue weighted by Gasteiger charge is 2.20. The maximum absolute atomic E-state index is 12.2. The van der Waals surface area contributed by atoms with Crippen molar-refractivity contribution in [2.45, 2.75) is 11.9 Å². The molecule has 0 fully saturated rings. The van der Waals surface area contributed by atoms with E-state index >= 15 is 0 Å². The molecule has 0 spiro atoms. The number of pyridine rings is 1. The molecule has 8 heteroatoms. The van der Waals surface area contributed by atoms with E-state index < -0.39 is 10.0 Å². The number of nitrogen functional groups attached to an aromatic ring is 1. The smallest absolute Gasteiger partial charge is 0.281 e. The lowest BCUT2D eigenvalue weighted by molar-refractivity contribution is 0.598. The highest BCUT2D eigenvalue weighted by molar-refractivity contribution is 7.92. The minimum atomic E-state index is -3.93. The summed E-state index contributed by atoms with van der Waals surface area (Å²) in [5.41, 5.74) is 6.58. The van der Waals surface area contributed by atoms with Crippen molar-refractivity contribution in [1.29, 1.82) is 0 Å².